The van der Waals surface area contributed by atoms with Crippen molar-refractivity contribution in [1.82, 2.24) is 9.80 Å². The molecule has 0 spiro atoms. The zero-order valence-electron chi connectivity index (χ0n) is 15.4. The van der Waals surface area contributed by atoms with Crippen molar-refractivity contribution in [2.45, 2.75) is 19.9 Å². The van der Waals surface area contributed by atoms with Crippen LogP contribution in [-0.4, -0.2) is 67.2 Å². The Bertz CT molecular complexity index is 626. The van der Waals surface area contributed by atoms with Gasteiger partial charge in [-0.05, 0) is 37.6 Å². The van der Waals surface area contributed by atoms with Crippen LogP contribution in [0.4, 0.5) is 0 Å². The Hall–Kier alpha value is -1.99. The van der Waals surface area contributed by atoms with Crippen molar-refractivity contribution in [1.29, 1.82) is 0 Å². The van der Waals surface area contributed by atoms with E-state index in [2.05, 4.69) is 0 Å². The monoisotopic (exact) mass is 386 g/mol. The molecule has 7 nitrogen and oxygen atoms in total. The summed E-state index contributed by atoms with van der Waals surface area (Å²) in [5.41, 5.74) is 0.956. The maximum Gasteiger partial charge on any atom is 0.307 e. The predicted molar refractivity (Wildman–Crippen MR) is 100 cm³/mol. The van der Waals surface area contributed by atoms with Crippen molar-refractivity contribution in [3.8, 4) is 11.5 Å². The van der Waals surface area contributed by atoms with E-state index in [1.165, 1.54) is 0 Å². The first-order valence-electron chi connectivity index (χ1n) is 8.42. The molecule has 1 aliphatic heterocycles. The number of benzene rings is 1. The van der Waals surface area contributed by atoms with E-state index in [-0.39, 0.29) is 30.8 Å². The summed E-state index contributed by atoms with van der Waals surface area (Å²) in [7, 11) is 3.16. The lowest BCUT2D eigenvalue weighted by molar-refractivity contribution is -0.141. The molecule has 1 amide bonds. The number of hydrogen-bond acceptors (Lipinski definition) is 5. The van der Waals surface area contributed by atoms with Crippen LogP contribution in [-0.2, 0) is 16.1 Å². The molecule has 0 bridgehead atoms. The maximum atomic E-state index is 12.6. The topological polar surface area (TPSA) is 79.3 Å². The number of amides is 1. The van der Waals surface area contributed by atoms with Crippen LogP contribution in [0.2, 0.25) is 0 Å². The van der Waals surface area contributed by atoms with E-state index in [0.29, 0.717) is 44.1 Å². The number of likely N-dealkylation sites (tertiary alicyclic amines) is 1. The van der Waals surface area contributed by atoms with E-state index in [4.69, 9.17) is 14.6 Å². The number of carboxylic acids is 1. The van der Waals surface area contributed by atoms with Crippen LogP contribution >= 0.6 is 12.4 Å². The quantitative estimate of drug-likeness (QED) is 0.734. The zero-order chi connectivity index (χ0) is 18.4. The van der Waals surface area contributed by atoms with Crippen molar-refractivity contribution in [3.63, 3.8) is 0 Å². The number of rotatable bonds is 8. The average molecular weight is 387 g/mol. The minimum atomic E-state index is -0.785. The molecule has 1 aromatic rings. The van der Waals surface area contributed by atoms with Gasteiger partial charge < -0.3 is 19.5 Å². The van der Waals surface area contributed by atoms with Crippen LogP contribution in [0.5, 0.6) is 11.5 Å². The van der Waals surface area contributed by atoms with Crippen molar-refractivity contribution >= 4 is 24.3 Å². The normalized spacial score (nSPS) is 16.7. The number of halogens is 1. The Morgan fingerprint density at radius 1 is 1.27 bits per heavy atom. The van der Waals surface area contributed by atoms with E-state index in [9.17, 15) is 9.59 Å². The molecule has 0 radical (unpaired) electrons. The summed E-state index contributed by atoms with van der Waals surface area (Å²) in [5.74, 6) is 0.134. The molecule has 146 valence electrons. The fourth-order valence-electron chi connectivity index (χ4n) is 3.04. The number of methoxy groups -OCH3 is 2. The van der Waals surface area contributed by atoms with Gasteiger partial charge in [-0.1, -0.05) is 6.07 Å². The molecule has 2 rings (SSSR count). The maximum absolute atomic E-state index is 12.6. The molecular formula is C18H27ClN2O5. The summed E-state index contributed by atoms with van der Waals surface area (Å²) in [6.07, 6.45) is 0.602. The second-order valence-corrected chi connectivity index (χ2v) is 6.16. The first kappa shape index (κ1) is 22.1. The Morgan fingerprint density at radius 2 is 1.96 bits per heavy atom. The van der Waals surface area contributed by atoms with Crippen LogP contribution in [0, 0.1) is 5.92 Å². The molecule has 1 N–H and O–H groups in total. The Morgan fingerprint density at radius 3 is 2.50 bits per heavy atom. The minimum absolute atomic E-state index is 0. The van der Waals surface area contributed by atoms with Gasteiger partial charge >= 0.3 is 5.97 Å². The summed E-state index contributed by atoms with van der Waals surface area (Å²) in [4.78, 5) is 27.3. The van der Waals surface area contributed by atoms with E-state index < -0.39 is 5.97 Å². The molecule has 1 aromatic carbocycles. The number of hydrogen-bond donors (Lipinski definition) is 1. The molecule has 1 heterocycles. The first-order chi connectivity index (χ1) is 12.0. The van der Waals surface area contributed by atoms with Crippen molar-refractivity contribution < 1.29 is 24.2 Å². The fourth-order valence-corrected chi connectivity index (χ4v) is 3.04. The highest BCUT2D eigenvalue weighted by molar-refractivity contribution is 5.85. The summed E-state index contributed by atoms with van der Waals surface area (Å²) in [6.45, 7) is 4.34. The van der Waals surface area contributed by atoms with Crippen LogP contribution in [0.25, 0.3) is 0 Å². The van der Waals surface area contributed by atoms with E-state index in [1.54, 1.807) is 19.1 Å². The Balaban J connectivity index is 0.00000338. The SMILES string of the molecule is CCN(Cc1ccc(OC)c(OC)c1)C(=O)CN1CCC(C(=O)O)C1.Cl. The lowest BCUT2D eigenvalue weighted by atomic mass is 10.1. The standard InChI is InChI=1S/C18H26N2O5.ClH/c1-4-20(10-13-5-6-15(24-2)16(9-13)25-3)17(21)12-19-8-7-14(11-19)18(22)23;/h5-6,9,14H,4,7-8,10-12H2,1-3H3,(H,22,23);1H. The molecular weight excluding hydrogens is 360 g/mol. The number of carbonyl (C=O) groups is 2. The highest BCUT2D eigenvalue weighted by atomic mass is 35.5. The summed E-state index contributed by atoms with van der Waals surface area (Å²) in [6, 6.07) is 5.60. The number of carboxylic acid groups (broad SMARTS) is 1. The van der Waals surface area contributed by atoms with Gasteiger partial charge in [0.25, 0.3) is 0 Å². The number of ether oxygens (including phenoxy) is 2. The summed E-state index contributed by atoms with van der Waals surface area (Å²) in [5, 5.41) is 9.06. The average Bonchev–Trinajstić information content (AvgIpc) is 3.08. The number of nitrogens with zero attached hydrogens (tertiary/aromatic N) is 2. The molecule has 1 saturated heterocycles. The number of aliphatic carboxylic acids is 1. The van der Waals surface area contributed by atoms with E-state index in [0.717, 1.165) is 5.56 Å². The second-order valence-electron chi connectivity index (χ2n) is 6.16. The number of likely N-dealkylation sites (N-methyl/N-ethyl adjacent to an activating group) is 1. The fraction of sp³-hybridized carbons (Fsp3) is 0.556. The Labute approximate surface area is 160 Å². The number of carbonyl (C=O) groups excluding carboxylic acids is 1. The van der Waals surface area contributed by atoms with Gasteiger partial charge in [-0.25, -0.2) is 0 Å². The summed E-state index contributed by atoms with van der Waals surface area (Å²) < 4.78 is 10.5. The molecule has 0 aliphatic carbocycles. The molecule has 0 saturated carbocycles. The third kappa shape index (κ3) is 5.51. The smallest absolute Gasteiger partial charge is 0.307 e. The van der Waals surface area contributed by atoms with Crippen molar-refractivity contribution in [3.05, 3.63) is 23.8 Å². The highest BCUT2D eigenvalue weighted by Crippen LogP contribution is 2.28. The van der Waals surface area contributed by atoms with Gasteiger partial charge in [-0.3, -0.25) is 14.5 Å². The lowest BCUT2D eigenvalue weighted by Gasteiger charge is -2.24. The van der Waals surface area contributed by atoms with Crippen LogP contribution in [0.15, 0.2) is 18.2 Å². The largest absolute Gasteiger partial charge is 0.493 e. The van der Waals surface area contributed by atoms with Crippen molar-refractivity contribution in [2.24, 2.45) is 5.92 Å². The Kier molecular flexibility index (Phi) is 8.68. The lowest BCUT2D eigenvalue weighted by Crippen LogP contribution is -2.39. The molecule has 26 heavy (non-hydrogen) atoms. The van der Waals surface area contributed by atoms with Gasteiger partial charge in [-0.2, -0.15) is 0 Å². The van der Waals surface area contributed by atoms with Gasteiger partial charge in [0.15, 0.2) is 11.5 Å². The third-order valence-corrected chi connectivity index (χ3v) is 4.54. The molecule has 0 aromatic heterocycles. The molecule has 1 fully saturated rings. The zero-order valence-corrected chi connectivity index (χ0v) is 16.3. The van der Waals surface area contributed by atoms with Gasteiger partial charge in [0, 0.05) is 19.6 Å². The van der Waals surface area contributed by atoms with Gasteiger partial charge in [-0.15, -0.1) is 12.4 Å². The third-order valence-electron chi connectivity index (χ3n) is 4.54. The van der Waals surface area contributed by atoms with Crippen LogP contribution in [0.1, 0.15) is 18.9 Å². The van der Waals surface area contributed by atoms with Gasteiger partial charge in [0.1, 0.15) is 0 Å². The molecule has 1 aliphatic rings. The molecule has 8 heteroatoms. The molecule has 1 unspecified atom stereocenters. The van der Waals surface area contributed by atoms with Gasteiger partial charge in [0.05, 0.1) is 26.7 Å². The highest BCUT2D eigenvalue weighted by Gasteiger charge is 2.29. The van der Waals surface area contributed by atoms with Crippen molar-refractivity contribution in [2.75, 3.05) is 40.4 Å². The molecule has 1 atom stereocenters. The van der Waals surface area contributed by atoms with Crippen LogP contribution < -0.4 is 9.47 Å². The van der Waals surface area contributed by atoms with Crippen LogP contribution in [0.3, 0.4) is 0 Å². The summed E-state index contributed by atoms with van der Waals surface area (Å²) >= 11 is 0. The predicted octanol–water partition coefficient (Wildman–Crippen LogP) is 1.88. The second kappa shape index (κ2) is 10.2. The minimum Gasteiger partial charge on any atom is -0.493 e. The first-order valence-corrected chi connectivity index (χ1v) is 8.42. The van der Waals surface area contributed by atoms with Gasteiger partial charge in [0.2, 0.25) is 5.91 Å². The van der Waals surface area contributed by atoms with E-state index in [1.807, 2.05) is 30.0 Å². The van der Waals surface area contributed by atoms with E-state index >= 15 is 0 Å².